The summed E-state index contributed by atoms with van der Waals surface area (Å²) in [5.41, 5.74) is 1.51. The van der Waals surface area contributed by atoms with Crippen LogP contribution in [0.25, 0.3) is 0 Å². The third-order valence-corrected chi connectivity index (χ3v) is 2.14. The third kappa shape index (κ3) is 2.64. The van der Waals surface area contributed by atoms with Crippen molar-refractivity contribution >= 4 is 22.5 Å². The van der Waals surface area contributed by atoms with Crippen molar-refractivity contribution < 1.29 is 0 Å². The van der Waals surface area contributed by atoms with Crippen molar-refractivity contribution in [3.63, 3.8) is 0 Å². The van der Waals surface area contributed by atoms with Crippen molar-refractivity contribution in [1.82, 2.24) is 4.98 Å². The van der Waals surface area contributed by atoms with Crippen LogP contribution in [0.15, 0.2) is 59.7 Å². The molecule has 0 aliphatic heterocycles. The van der Waals surface area contributed by atoms with E-state index in [0.717, 1.165) is 5.69 Å². The second kappa shape index (κ2) is 4.71. The van der Waals surface area contributed by atoms with Gasteiger partial charge >= 0.3 is 0 Å². The molecule has 0 fully saturated rings. The van der Waals surface area contributed by atoms with Gasteiger partial charge in [0.15, 0.2) is 5.17 Å². The molecule has 0 atom stereocenters. The van der Waals surface area contributed by atoms with Gasteiger partial charge in [0.05, 0.1) is 5.69 Å². The molecule has 3 heteroatoms. The van der Waals surface area contributed by atoms with Crippen LogP contribution in [0.1, 0.15) is 5.69 Å². The third-order valence-electron chi connectivity index (χ3n) is 1.86. The molecule has 0 bridgehead atoms. The monoisotopic (exact) mass is 216 g/mol. The number of rotatable bonds is 2. The molecule has 15 heavy (non-hydrogen) atoms. The fourth-order valence-corrected chi connectivity index (χ4v) is 1.37. The van der Waals surface area contributed by atoms with Crippen LogP contribution < -0.4 is 0 Å². The van der Waals surface area contributed by atoms with Crippen LogP contribution in [0.3, 0.4) is 0 Å². The number of pyridine rings is 1. The first-order chi connectivity index (χ1) is 7.36. The van der Waals surface area contributed by atoms with Crippen LogP contribution in [-0.2, 0) is 0 Å². The van der Waals surface area contributed by atoms with Crippen molar-refractivity contribution in [2.45, 2.75) is 0 Å². The fraction of sp³-hybridized carbons (Fsp3) is 0. The predicted molar refractivity (Wildman–Crippen MR) is 62.7 cm³/mol. The smallest absolute Gasteiger partial charge is 0.155 e. The molecule has 2 rings (SSSR count). The van der Waals surface area contributed by atoms with E-state index in [1.165, 1.54) is 0 Å². The Morgan fingerprint density at radius 2 is 1.73 bits per heavy atom. The molecule has 1 aromatic heterocycles. The first-order valence-corrected chi connectivity index (χ1v) is 4.95. The molecule has 0 saturated carbocycles. The molecule has 0 spiro atoms. The number of hydrogen-bond acceptors (Lipinski definition) is 2. The van der Waals surface area contributed by atoms with Crippen molar-refractivity contribution in [3.05, 3.63) is 60.4 Å². The molecule has 0 radical (unpaired) electrons. The largest absolute Gasteiger partial charge is 0.254 e. The highest BCUT2D eigenvalue weighted by Crippen LogP contribution is 2.13. The number of aliphatic imine (C=N–C) groups is 1. The van der Waals surface area contributed by atoms with Crippen molar-refractivity contribution in [1.29, 1.82) is 0 Å². The molecular formula is C12H9ClN2. The maximum absolute atomic E-state index is 6.03. The Hall–Kier alpha value is -1.67. The molecule has 0 aliphatic rings. The topological polar surface area (TPSA) is 25.2 Å². The summed E-state index contributed by atoms with van der Waals surface area (Å²) < 4.78 is 0. The van der Waals surface area contributed by atoms with E-state index in [2.05, 4.69) is 9.98 Å². The average molecular weight is 217 g/mol. The minimum absolute atomic E-state index is 0.404. The fourth-order valence-electron chi connectivity index (χ4n) is 1.16. The Bertz CT molecular complexity index is 452. The van der Waals surface area contributed by atoms with E-state index in [9.17, 15) is 0 Å². The van der Waals surface area contributed by atoms with E-state index in [-0.39, 0.29) is 0 Å². The summed E-state index contributed by atoms with van der Waals surface area (Å²) in [6.07, 6.45) is 1.69. The molecule has 0 unspecified atom stereocenters. The first kappa shape index (κ1) is 9.87. The molecule has 0 aliphatic carbocycles. The Kier molecular flexibility index (Phi) is 3.10. The van der Waals surface area contributed by atoms with Gasteiger partial charge in [0.2, 0.25) is 0 Å². The molecule has 1 heterocycles. The molecule has 74 valence electrons. The first-order valence-electron chi connectivity index (χ1n) is 4.57. The number of benzene rings is 1. The minimum atomic E-state index is 0.404. The van der Waals surface area contributed by atoms with Gasteiger partial charge in [-0.1, -0.05) is 35.9 Å². The quantitative estimate of drug-likeness (QED) is 0.707. The predicted octanol–water partition coefficient (Wildman–Crippen LogP) is 3.40. The summed E-state index contributed by atoms with van der Waals surface area (Å²) >= 11 is 6.03. The highest BCUT2D eigenvalue weighted by molar-refractivity contribution is 6.69. The molecule has 1 aromatic carbocycles. The molecule has 0 amide bonds. The summed E-state index contributed by atoms with van der Waals surface area (Å²) in [5.74, 6) is 0. The normalized spacial score (nSPS) is 11.4. The standard InChI is InChI=1S/C12H9ClN2/c13-12(11-8-4-5-9-14-11)15-10-6-2-1-3-7-10/h1-9H. The average Bonchev–Trinajstić information content (AvgIpc) is 2.31. The van der Waals surface area contributed by atoms with Gasteiger partial charge in [-0.3, -0.25) is 4.98 Å². The van der Waals surface area contributed by atoms with Crippen LogP contribution in [0, 0.1) is 0 Å². The summed E-state index contributed by atoms with van der Waals surface area (Å²) in [7, 11) is 0. The highest BCUT2D eigenvalue weighted by Gasteiger charge is 1.99. The molecule has 0 N–H and O–H groups in total. The van der Waals surface area contributed by atoms with Gasteiger partial charge in [-0.2, -0.15) is 0 Å². The number of halogens is 1. The molecule has 2 nitrogen and oxygen atoms in total. The number of nitrogens with zero attached hydrogens (tertiary/aromatic N) is 2. The van der Waals surface area contributed by atoms with E-state index in [1.54, 1.807) is 6.20 Å². The van der Waals surface area contributed by atoms with E-state index in [1.807, 2.05) is 48.5 Å². The van der Waals surface area contributed by atoms with Crippen LogP contribution >= 0.6 is 11.6 Å². The van der Waals surface area contributed by atoms with Gasteiger partial charge < -0.3 is 0 Å². The maximum atomic E-state index is 6.03. The Morgan fingerprint density at radius 3 is 2.40 bits per heavy atom. The second-order valence-electron chi connectivity index (χ2n) is 2.95. The highest BCUT2D eigenvalue weighted by atomic mass is 35.5. The minimum Gasteiger partial charge on any atom is -0.254 e. The van der Waals surface area contributed by atoms with Crippen LogP contribution in [0.4, 0.5) is 5.69 Å². The van der Waals surface area contributed by atoms with Crippen molar-refractivity contribution in [3.8, 4) is 0 Å². The Labute approximate surface area is 93.3 Å². The zero-order chi connectivity index (χ0) is 10.5. The SMILES string of the molecule is ClC(=Nc1ccccc1)c1ccccn1. The van der Waals surface area contributed by atoms with Gasteiger partial charge in [0.25, 0.3) is 0 Å². The molecule has 0 saturated heterocycles. The Morgan fingerprint density at radius 1 is 1.00 bits per heavy atom. The lowest BCUT2D eigenvalue weighted by atomic mass is 10.3. The van der Waals surface area contributed by atoms with Crippen LogP contribution in [-0.4, -0.2) is 10.2 Å². The molecular weight excluding hydrogens is 208 g/mol. The zero-order valence-electron chi connectivity index (χ0n) is 7.97. The van der Waals surface area contributed by atoms with Crippen LogP contribution in [0.5, 0.6) is 0 Å². The summed E-state index contributed by atoms with van der Waals surface area (Å²) in [6.45, 7) is 0. The number of hydrogen-bond donors (Lipinski definition) is 0. The van der Waals surface area contributed by atoms with Gasteiger partial charge in [0, 0.05) is 6.20 Å². The van der Waals surface area contributed by atoms with E-state index in [0.29, 0.717) is 10.9 Å². The van der Waals surface area contributed by atoms with Gasteiger partial charge in [-0.05, 0) is 24.3 Å². The van der Waals surface area contributed by atoms with Crippen molar-refractivity contribution in [2.75, 3.05) is 0 Å². The van der Waals surface area contributed by atoms with Crippen molar-refractivity contribution in [2.24, 2.45) is 4.99 Å². The van der Waals surface area contributed by atoms with Crippen LogP contribution in [0.2, 0.25) is 0 Å². The Balaban J connectivity index is 2.29. The summed E-state index contributed by atoms with van der Waals surface area (Å²) in [6, 6.07) is 15.1. The number of aromatic nitrogens is 1. The lowest BCUT2D eigenvalue weighted by Gasteiger charge is -1.97. The summed E-state index contributed by atoms with van der Waals surface area (Å²) in [5, 5.41) is 0.404. The summed E-state index contributed by atoms with van der Waals surface area (Å²) in [4.78, 5) is 8.36. The lowest BCUT2D eigenvalue weighted by molar-refractivity contribution is 1.29. The second-order valence-corrected chi connectivity index (χ2v) is 3.31. The number of para-hydroxylation sites is 1. The van der Waals surface area contributed by atoms with E-state index < -0.39 is 0 Å². The van der Waals surface area contributed by atoms with Gasteiger partial charge in [-0.25, -0.2) is 4.99 Å². The van der Waals surface area contributed by atoms with E-state index >= 15 is 0 Å². The molecule has 2 aromatic rings. The maximum Gasteiger partial charge on any atom is 0.155 e. The lowest BCUT2D eigenvalue weighted by Crippen LogP contribution is -1.93. The van der Waals surface area contributed by atoms with Gasteiger partial charge in [-0.15, -0.1) is 0 Å². The van der Waals surface area contributed by atoms with Gasteiger partial charge in [0.1, 0.15) is 5.69 Å². The van der Waals surface area contributed by atoms with E-state index in [4.69, 9.17) is 11.6 Å². The zero-order valence-corrected chi connectivity index (χ0v) is 8.72.